The molecule has 4 rings (SSSR count). The molecule has 0 radical (unpaired) electrons. The van der Waals surface area contributed by atoms with E-state index >= 15 is 0 Å². The third kappa shape index (κ3) is 3.86. The number of hydrogen-bond donors (Lipinski definition) is 0. The van der Waals surface area contributed by atoms with E-state index in [9.17, 15) is 0 Å². The highest BCUT2D eigenvalue weighted by Gasteiger charge is 2.40. The van der Waals surface area contributed by atoms with Gasteiger partial charge in [-0.25, -0.2) is 0 Å². The molecule has 2 aromatic heterocycles. The lowest BCUT2D eigenvalue weighted by molar-refractivity contribution is -0.0590. The molecule has 0 spiro atoms. The van der Waals surface area contributed by atoms with E-state index in [2.05, 4.69) is 26.7 Å². The van der Waals surface area contributed by atoms with Gasteiger partial charge < -0.3 is 9.47 Å². The fourth-order valence-corrected chi connectivity index (χ4v) is 4.56. The number of rotatable bonds is 6. The second-order valence-electron chi connectivity index (χ2n) is 6.79. The van der Waals surface area contributed by atoms with Gasteiger partial charge in [-0.05, 0) is 58.8 Å². The molecular weight excluding hydrogens is 320 g/mol. The molecule has 0 aromatic carbocycles. The summed E-state index contributed by atoms with van der Waals surface area (Å²) in [6.07, 6.45) is 6.33. The molecule has 1 aliphatic carbocycles. The van der Waals surface area contributed by atoms with Crippen LogP contribution in [0, 0.1) is 5.92 Å². The molecule has 0 bridgehead atoms. The van der Waals surface area contributed by atoms with Crippen LogP contribution in [0.1, 0.15) is 24.0 Å². The number of morpholine rings is 1. The van der Waals surface area contributed by atoms with Gasteiger partial charge in [-0.2, -0.15) is 11.3 Å². The van der Waals surface area contributed by atoms with E-state index < -0.39 is 0 Å². The topological polar surface area (TPSA) is 34.6 Å². The lowest BCUT2D eigenvalue weighted by Gasteiger charge is -2.37. The minimum atomic E-state index is 0.381. The minimum Gasteiger partial charge on any atom is -0.376 e. The summed E-state index contributed by atoms with van der Waals surface area (Å²) in [5.41, 5.74) is 2.62. The van der Waals surface area contributed by atoms with Gasteiger partial charge in [0.2, 0.25) is 0 Å². The van der Waals surface area contributed by atoms with Crippen LogP contribution in [-0.2, 0) is 22.6 Å². The first-order chi connectivity index (χ1) is 11.9. The van der Waals surface area contributed by atoms with Crippen molar-refractivity contribution in [3.63, 3.8) is 0 Å². The van der Waals surface area contributed by atoms with Gasteiger partial charge in [-0.3, -0.25) is 9.88 Å². The van der Waals surface area contributed by atoms with Crippen LogP contribution in [0.5, 0.6) is 0 Å². The van der Waals surface area contributed by atoms with Gasteiger partial charge in [0.1, 0.15) is 0 Å². The number of aromatic nitrogens is 1. The fourth-order valence-electron chi connectivity index (χ4n) is 3.90. The summed E-state index contributed by atoms with van der Waals surface area (Å²) in [6, 6.07) is 6.81. The van der Waals surface area contributed by atoms with Gasteiger partial charge in [0, 0.05) is 38.1 Å². The lowest BCUT2D eigenvalue weighted by atomic mass is 10.1. The molecule has 4 nitrogen and oxygen atoms in total. The van der Waals surface area contributed by atoms with Crippen molar-refractivity contribution in [2.75, 3.05) is 19.8 Å². The number of thiophene rings is 1. The number of hydrogen-bond acceptors (Lipinski definition) is 5. The highest BCUT2D eigenvalue weighted by atomic mass is 32.1. The van der Waals surface area contributed by atoms with E-state index in [0.717, 1.165) is 32.7 Å². The van der Waals surface area contributed by atoms with Crippen molar-refractivity contribution in [2.45, 2.75) is 38.1 Å². The SMILES string of the molecule is c1cc(COC[C@H]2C[C@@H]3[C@@H](C2)OCCN3Cc2ccsc2)ccn1. The van der Waals surface area contributed by atoms with Crippen LogP contribution in [0.3, 0.4) is 0 Å². The number of ether oxygens (including phenoxy) is 2. The zero-order chi connectivity index (χ0) is 16.2. The summed E-state index contributed by atoms with van der Waals surface area (Å²) in [4.78, 5) is 6.65. The molecule has 0 amide bonds. The summed E-state index contributed by atoms with van der Waals surface area (Å²) in [5, 5.41) is 4.42. The van der Waals surface area contributed by atoms with Gasteiger partial charge >= 0.3 is 0 Å². The fraction of sp³-hybridized carbons (Fsp3) is 0.526. The van der Waals surface area contributed by atoms with Crippen LogP contribution in [-0.4, -0.2) is 41.8 Å². The van der Waals surface area contributed by atoms with Gasteiger partial charge in [0.25, 0.3) is 0 Å². The van der Waals surface area contributed by atoms with Crippen molar-refractivity contribution < 1.29 is 9.47 Å². The predicted octanol–water partition coefficient (Wildman–Crippen LogP) is 3.34. The van der Waals surface area contributed by atoms with Crippen LogP contribution >= 0.6 is 11.3 Å². The van der Waals surface area contributed by atoms with Crippen molar-refractivity contribution in [1.82, 2.24) is 9.88 Å². The van der Waals surface area contributed by atoms with E-state index in [-0.39, 0.29) is 0 Å². The zero-order valence-electron chi connectivity index (χ0n) is 13.8. The average molecular weight is 344 g/mol. The Morgan fingerprint density at radius 1 is 1.21 bits per heavy atom. The van der Waals surface area contributed by atoms with Gasteiger partial charge in [-0.15, -0.1) is 0 Å². The maximum Gasteiger partial charge on any atom is 0.0734 e. The van der Waals surface area contributed by atoms with Crippen molar-refractivity contribution in [2.24, 2.45) is 5.92 Å². The Morgan fingerprint density at radius 2 is 2.12 bits per heavy atom. The van der Waals surface area contributed by atoms with Crippen molar-refractivity contribution >= 4 is 11.3 Å². The molecule has 2 aliphatic rings. The van der Waals surface area contributed by atoms with Crippen molar-refractivity contribution in [3.05, 3.63) is 52.5 Å². The van der Waals surface area contributed by atoms with Crippen LogP contribution in [0.25, 0.3) is 0 Å². The van der Waals surface area contributed by atoms with Gasteiger partial charge in [-0.1, -0.05) is 0 Å². The largest absolute Gasteiger partial charge is 0.376 e. The Kier molecular flexibility index (Phi) is 5.23. The lowest BCUT2D eigenvalue weighted by Crippen LogP contribution is -2.47. The van der Waals surface area contributed by atoms with Crippen LogP contribution in [0.2, 0.25) is 0 Å². The summed E-state index contributed by atoms with van der Waals surface area (Å²) in [5.74, 6) is 0.602. The van der Waals surface area contributed by atoms with Crippen LogP contribution < -0.4 is 0 Å². The summed E-state index contributed by atoms with van der Waals surface area (Å²) < 4.78 is 12.0. The predicted molar refractivity (Wildman–Crippen MR) is 94.9 cm³/mol. The Bertz CT molecular complexity index is 620. The highest BCUT2D eigenvalue weighted by molar-refractivity contribution is 7.07. The van der Waals surface area contributed by atoms with E-state index in [1.807, 2.05) is 24.5 Å². The molecule has 128 valence electrons. The number of pyridine rings is 1. The Morgan fingerprint density at radius 3 is 2.96 bits per heavy atom. The first-order valence-electron chi connectivity index (χ1n) is 8.72. The average Bonchev–Trinajstić information content (AvgIpc) is 3.26. The molecule has 24 heavy (non-hydrogen) atoms. The first kappa shape index (κ1) is 16.2. The van der Waals surface area contributed by atoms with Gasteiger partial charge in [0.15, 0.2) is 0 Å². The maximum absolute atomic E-state index is 6.04. The third-order valence-electron chi connectivity index (χ3n) is 5.09. The normalized spacial score (nSPS) is 27.2. The minimum absolute atomic E-state index is 0.381. The first-order valence-corrected chi connectivity index (χ1v) is 9.66. The van der Waals surface area contributed by atoms with E-state index in [0.29, 0.717) is 24.7 Å². The Hall–Kier alpha value is -1.27. The molecule has 3 atom stereocenters. The summed E-state index contributed by atoms with van der Waals surface area (Å²) >= 11 is 1.78. The van der Waals surface area contributed by atoms with E-state index in [1.54, 1.807) is 11.3 Å². The van der Waals surface area contributed by atoms with E-state index in [4.69, 9.17) is 9.47 Å². The Balaban J connectivity index is 1.29. The van der Waals surface area contributed by atoms with Gasteiger partial charge in [0.05, 0.1) is 19.3 Å². The number of nitrogens with zero attached hydrogens (tertiary/aromatic N) is 2. The van der Waals surface area contributed by atoms with Crippen molar-refractivity contribution in [3.8, 4) is 0 Å². The maximum atomic E-state index is 6.04. The molecule has 1 aliphatic heterocycles. The highest BCUT2D eigenvalue weighted by Crippen LogP contribution is 2.35. The molecule has 1 saturated carbocycles. The number of fused-ring (bicyclic) bond motifs is 1. The smallest absolute Gasteiger partial charge is 0.0734 e. The van der Waals surface area contributed by atoms with Crippen molar-refractivity contribution in [1.29, 1.82) is 0 Å². The molecule has 2 fully saturated rings. The molecular formula is C19H24N2O2S. The zero-order valence-corrected chi connectivity index (χ0v) is 14.7. The van der Waals surface area contributed by atoms with Crippen LogP contribution in [0.15, 0.2) is 41.4 Å². The molecule has 5 heteroatoms. The molecule has 1 saturated heterocycles. The quantitative estimate of drug-likeness (QED) is 0.805. The molecule has 0 N–H and O–H groups in total. The monoisotopic (exact) mass is 344 g/mol. The Labute approximate surface area is 147 Å². The molecule has 0 unspecified atom stereocenters. The second-order valence-corrected chi connectivity index (χ2v) is 7.57. The second kappa shape index (κ2) is 7.74. The standard InChI is InChI=1S/C19H24N2O2S/c1-4-20-5-2-15(1)12-22-13-17-9-18-19(10-17)23-7-6-21(18)11-16-3-8-24-14-16/h1-5,8,14,17-19H,6-7,9-13H2/t17-,18+,19+/m0/s1. The summed E-state index contributed by atoms with van der Waals surface area (Å²) in [7, 11) is 0. The molecule has 3 heterocycles. The van der Waals surface area contributed by atoms with E-state index in [1.165, 1.54) is 17.5 Å². The third-order valence-corrected chi connectivity index (χ3v) is 5.82. The molecule has 2 aromatic rings. The summed E-state index contributed by atoms with van der Waals surface area (Å²) in [6.45, 7) is 4.45. The van der Waals surface area contributed by atoms with Crippen LogP contribution in [0.4, 0.5) is 0 Å².